The number of nitro benzene ring substituents is 1. The standard InChI is InChI=1S/C19H18N2O5/c1-12-15-4-3-5-17(16(15)10-11-18(12)25-2)20-26-19(22)13-6-8-14(9-7-13)21(23)24/h6-11H,3-5H2,1-2H3/b20-17+. The Kier molecular flexibility index (Phi) is 4.97. The van der Waals surface area contributed by atoms with E-state index in [-0.39, 0.29) is 11.3 Å². The van der Waals surface area contributed by atoms with Crippen LogP contribution in [0.2, 0.25) is 0 Å². The second-order valence-electron chi connectivity index (χ2n) is 5.99. The van der Waals surface area contributed by atoms with Crippen molar-refractivity contribution in [3.05, 3.63) is 68.8 Å². The first-order valence-electron chi connectivity index (χ1n) is 8.20. The van der Waals surface area contributed by atoms with Crippen molar-refractivity contribution in [1.82, 2.24) is 0 Å². The van der Waals surface area contributed by atoms with Gasteiger partial charge in [-0.15, -0.1) is 0 Å². The maximum atomic E-state index is 12.1. The van der Waals surface area contributed by atoms with Crippen LogP contribution in [0.3, 0.4) is 0 Å². The zero-order valence-electron chi connectivity index (χ0n) is 14.5. The van der Waals surface area contributed by atoms with Crippen LogP contribution in [0, 0.1) is 17.0 Å². The van der Waals surface area contributed by atoms with Gasteiger partial charge in [0.1, 0.15) is 5.75 Å². The molecule has 0 atom stereocenters. The monoisotopic (exact) mass is 354 g/mol. The predicted molar refractivity (Wildman–Crippen MR) is 95.7 cm³/mol. The largest absolute Gasteiger partial charge is 0.496 e. The molecule has 3 rings (SSSR count). The van der Waals surface area contributed by atoms with E-state index < -0.39 is 10.9 Å². The number of fused-ring (bicyclic) bond motifs is 1. The van der Waals surface area contributed by atoms with Crippen molar-refractivity contribution in [2.75, 3.05) is 7.11 Å². The van der Waals surface area contributed by atoms with E-state index in [2.05, 4.69) is 5.16 Å². The molecule has 0 N–H and O–H groups in total. The van der Waals surface area contributed by atoms with E-state index in [4.69, 9.17) is 9.57 Å². The van der Waals surface area contributed by atoms with Gasteiger partial charge in [-0.3, -0.25) is 10.1 Å². The number of ether oxygens (including phenoxy) is 1. The highest BCUT2D eigenvalue weighted by Gasteiger charge is 2.20. The Balaban J connectivity index is 1.80. The van der Waals surface area contributed by atoms with Crippen LogP contribution >= 0.6 is 0 Å². The molecule has 0 aliphatic heterocycles. The smallest absolute Gasteiger partial charge is 0.365 e. The van der Waals surface area contributed by atoms with Gasteiger partial charge < -0.3 is 9.57 Å². The number of methoxy groups -OCH3 is 1. The number of rotatable bonds is 4. The van der Waals surface area contributed by atoms with Gasteiger partial charge in [-0.25, -0.2) is 4.79 Å². The summed E-state index contributed by atoms with van der Waals surface area (Å²) in [7, 11) is 1.64. The summed E-state index contributed by atoms with van der Waals surface area (Å²) >= 11 is 0. The highest BCUT2D eigenvalue weighted by atomic mass is 16.7. The molecule has 0 spiro atoms. The SMILES string of the molecule is COc1ccc2c(c1C)CCC/C2=N\OC(=O)c1ccc([N+](=O)[O-])cc1. The minimum absolute atomic E-state index is 0.0847. The Bertz CT molecular complexity index is 888. The number of nitrogens with zero attached hydrogens (tertiary/aromatic N) is 2. The molecule has 2 aromatic rings. The topological polar surface area (TPSA) is 91.0 Å². The average Bonchev–Trinajstić information content (AvgIpc) is 2.66. The van der Waals surface area contributed by atoms with E-state index in [1.807, 2.05) is 19.1 Å². The minimum atomic E-state index is -0.648. The molecule has 0 aromatic heterocycles. The number of carbonyl (C=O) groups excluding carboxylic acids is 1. The predicted octanol–water partition coefficient (Wildman–Crippen LogP) is 3.81. The Morgan fingerprint density at radius 1 is 1.15 bits per heavy atom. The van der Waals surface area contributed by atoms with Gasteiger partial charge in [0.25, 0.3) is 5.69 Å². The van der Waals surface area contributed by atoms with E-state index in [1.54, 1.807) is 7.11 Å². The first-order valence-corrected chi connectivity index (χ1v) is 8.20. The van der Waals surface area contributed by atoms with E-state index in [0.717, 1.165) is 35.3 Å². The number of benzene rings is 2. The minimum Gasteiger partial charge on any atom is -0.496 e. The van der Waals surface area contributed by atoms with Crippen LogP contribution in [0.25, 0.3) is 0 Å². The summed E-state index contributed by atoms with van der Waals surface area (Å²) in [6.45, 7) is 2.00. The molecule has 7 nitrogen and oxygen atoms in total. The fraction of sp³-hybridized carbons (Fsp3) is 0.263. The van der Waals surface area contributed by atoms with Crippen LogP contribution in [-0.2, 0) is 11.3 Å². The molecule has 0 radical (unpaired) electrons. The normalized spacial score (nSPS) is 14.6. The number of nitro groups is 1. The lowest BCUT2D eigenvalue weighted by atomic mass is 9.87. The van der Waals surface area contributed by atoms with Gasteiger partial charge in [0.2, 0.25) is 0 Å². The summed E-state index contributed by atoms with van der Waals surface area (Å²) < 4.78 is 5.36. The molecule has 0 saturated heterocycles. The number of non-ortho nitro benzene ring substituents is 1. The van der Waals surface area contributed by atoms with E-state index >= 15 is 0 Å². The van der Waals surface area contributed by atoms with Crippen LogP contribution in [0.15, 0.2) is 41.6 Å². The molecular formula is C19H18N2O5. The van der Waals surface area contributed by atoms with Crippen LogP contribution in [0.4, 0.5) is 5.69 Å². The Labute approximate surface area is 150 Å². The lowest BCUT2D eigenvalue weighted by Gasteiger charge is -2.20. The highest BCUT2D eigenvalue weighted by Crippen LogP contribution is 2.30. The second kappa shape index (κ2) is 7.35. The third-order valence-electron chi connectivity index (χ3n) is 4.47. The maximum absolute atomic E-state index is 12.1. The molecule has 134 valence electrons. The van der Waals surface area contributed by atoms with E-state index in [0.29, 0.717) is 12.1 Å². The first-order chi connectivity index (χ1) is 12.5. The van der Waals surface area contributed by atoms with E-state index in [1.165, 1.54) is 24.3 Å². The molecule has 0 bridgehead atoms. The summed E-state index contributed by atoms with van der Waals surface area (Å²) in [5.41, 5.74) is 4.03. The fourth-order valence-electron chi connectivity index (χ4n) is 3.08. The van der Waals surface area contributed by atoms with Gasteiger partial charge in [-0.1, -0.05) is 5.16 Å². The van der Waals surface area contributed by atoms with Gasteiger partial charge in [-0.05, 0) is 61.6 Å². The molecule has 2 aromatic carbocycles. The Morgan fingerprint density at radius 2 is 1.88 bits per heavy atom. The second-order valence-corrected chi connectivity index (χ2v) is 5.99. The lowest BCUT2D eigenvalue weighted by molar-refractivity contribution is -0.384. The number of oxime groups is 1. The van der Waals surface area contributed by atoms with Crippen molar-refractivity contribution in [2.24, 2.45) is 5.16 Å². The third-order valence-corrected chi connectivity index (χ3v) is 4.47. The van der Waals surface area contributed by atoms with Crippen LogP contribution < -0.4 is 4.74 Å². The maximum Gasteiger partial charge on any atom is 0.365 e. The third kappa shape index (κ3) is 3.42. The molecule has 0 amide bonds. The van der Waals surface area contributed by atoms with Crippen molar-refractivity contribution >= 4 is 17.4 Å². The zero-order chi connectivity index (χ0) is 18.7. The molecule has 0 saturated carbocycles. The van der Waals surface area contributed by atoms with Gasteiger partial charge in [0, 0.05) is 17.7 Å². The summed E-state index contributed by atoms with van der Waals surface area (Å²) in [6.07, 6.45) is 2.55. The van der Waals surface area contributed by atoms with Crippen molar-refractivity contribution in [1.29, 1.82) is 0 Å². The summed E-state index contributed by atoms with van der Waals surface area (Å²) in [6, 6.07) is 9.03. The van der Waals surface area contributed by atoms with Crippen LogP contribution in [0.5, 0.6) is 5.75 Å². The molecule has 0 unspecified atom stereocenters. The number of hydrogen-bond donors (Lipinski definition) is 0. The van der Waals surface area contributed by atoms with Gasteiger partial charge in [0.15, 0.2) is 0 Å². The average molecular weight is 354 g/mol. The van der Waals surface area contributed by atoms with Gasteiger partial charge in [-0.2, -0.15) is 0 Å². The zero-order valence-corrected chi connectivity index (χ0v) is 14.5. The number of hydrogen-bond acceptors (Lipinski definition) is 6. The van der Waals surface area contributed by atoms with E-state index in [9.17, 15) is 14.9 Å². The van der Waals surface area contributed by atoms with Crippen molar-refractivity contribution in [2.45, 2.75) is 26.2 Å². The first kappa shape index (κ1) is 17.6. The Morgan fingerprint density at radius 3 is 2.54 bits per heavy atom. The highest BCUT2D eigenvalue weighted by molar-refractivity contribution is 6.03. The molecule has 0 fully saturated rings. The van der Waals surface area contributed by atoms with Crippen molar-refractivity contribution in [3.63, 3.8) is 0 Å². The molecule has 26 heavy (non-hydrogen) atoms. The molecule has 7 heteroatoms. The van der Waals surface area contributed by atoms with Crippen molar-refractivity contribution < 1.29 is 19.3 Å². The molecule has 1 aliphatic rings. The van der Waals surface area contributed by atoms with Crippen molar-refractivity contribution in [3.8, 4) is 5.75 Å². The summed E-state index contributed by atoms with van der Waals surface area (Å²) in [5, 5.41) is 14.7. The number of carbonyl (C=O) groups is 1. The lowest BCUT2D eigenvalue weighted by Crippen LogP contribution is -2.15. The van der Waals surface area contributed by atoms with Gasteiger partial charge >= 0.3 is 5.97 Å². The molecular weight excluding hydrogens is 336 g/mol. The Hall–Kier alpha value is -3.22. The summed E-state index contributed by atoms with van der Waals surface area (Å²) in [4.78, 5) is 27.3. The van der Waals surface area contributed by atoms with Crippen LogP contribution in [0.1, 0.15) is 39.9 Å². The molecule has 0 heterocycles. The molecule has 1 aliphatic carbocycles. The summed E-state index contributed by atoms with van der Waals surface area (Å²) in [5.74, 6) is 0.178. The fourth-order valence-corrected chi connectivity index (χ4v) is 3.08. The van der Waals surface area contributed by atoms with Gasteiger partial charge in [0.05, 0.1) is 23.3 Å². The quantitative estimate of drug-likeness (QED) is 0.473. The van der Waals surface area contributed by atoms with Crippen LogP contribution in [-0.4, -0.2) is 23.7 Å².